The third-order valence-electron chi connectivity index (χ3n) is 2.86. The van der Waals surface area contributed by atoms with Gasteiger partial charge in [0.05, 0.1) is 12.9 Å². The largest absolute Gasteiger partial charge is 0.496 e. The summed E-state index contributed by atoms with van der Waals surface area (Å²) in [7, 11) is 1.63. The van der Waals surface area contributed by atoms with Gasteiger partial charge in [-0.15, -0.1) is 11.8 Å². The predicted octanol–water partition coefficient (Wildman–Crippen LogP) is 3.87. The predicted molar refractivity (Wildman–Crippen MR) is 89.7 cm³/mol. The molecule has 0 saturated carbocycles. The van der Waals surface area contributed by atoms with Gasteiger partial charge >= 0.3 is 0 Å². The SMILES string of the molecule is COc1ccccc1CNC(=O)CSc1ccccc1Br. The third kappa shape index (κ3) is 4.79. The molecular weight excluding hydrogens is 350 g/mol. The monoisotopic (exact) mass is 365 g/mol. The van der Waals surface area contributed by atoms with Gasteiger partial charge in [0.25, 0.3) is 0 Å². The van der Waals surface area contributed by atoms with Crippen LogP contribution in [-0.2, 0) is 11.3 Å². The van der Waals surface area contributed by atoms with Crippen molar-refractivity contribution in [2.45, 2.75) is 11.4 Å². The van der Waals surface area contributed by atoms with E-state index in [2.05, 4.69) is 21.2 Å². The molecule has 0 atom stereocenters. The summed E-state index contributed by atoms with van der Waals surface area (Å²) in [4.78, 5) is 13.0. The van der Waals surface area contributed by atoms with Crippen LogP contribution in [0, 0.1) is 0 Å². The number of rotatable bonds is 6. The minimum absolute atomic E-state index is 0.00154. The molecule has 3 nitrogen and oxygen atoms in total. The second-order valence-corrected chi connectivity index (χ2v) is 6.18. The van der Waals surface area contributed by atoms with Gasteiger partial charge < -0.3 is 10.1 Å². The van der Waals surface area contributed by atoms with Crippen molar-refractivity contribution in [3.63, 3.8) is 0 Å². The standard InChI is InChI=1S/C16H16BrNO2S/c1-20-14-8-4-2-6-12(14)10-18-16(19)11-21-15-9-5-3-7-13(15)17/h2-9H,10-11H2,1H3,(H,18,19). The van der Waals surface area contributed by atoms with Crippen LogP contribution in [0.5, 0.6) is 5.75 Å². The van der Waals surface area contributed by atoms with Crippen molar-refractivity contribution >= 4 is 33.6 Å². The lowest BCUT2D eigenvalue weighted by atomic mass is 10.2. The van der Waals surface area contributed by atoms with Crippen molar-refractivity contribution in [1.82, 2.24) is 5.32 Å². The molecule has 1 N–H and O–H groups in total. The number of para-hydroxylation sites is 1. The molecule has 21 heavy (non-hydrogen) atoms. The van der Waals surface area contributed by atoms with Crippen LogP contribution in [0.1, 0.15) is 5.56 Å². The van der Waals surface area contributed by atoms with Crippen LogP contribution < -0.4 is 10.1 Å². The second-order valence-electron chi connectivity index (χ2n) is 4.31. The van der Waals surface area contributed by atoms with Gasteiger partial charge in [-0.3, -0.25) is 4.79 Å². The molecule has 0 unspecified atom stereocenters. The molecule has 0 radical (unpaired) electrons. The van der Waals surface area contributed by atoms with E-state index in [1.807, 2.05) is 48.5 Å². The van der Waals surface area contributed by atoms with Crippen LogP contribution in [0.15, 0.2) is 57.9 Å². The molecule has 0 aliphatic carbocycles. The summed E-state index contributed by atoms with van der Waals surface area (Å²) < 4.78 is 6.27. The van der Waals surface area contributed by atoms with Crippen molar-refractivity contribution in [2.75, 3.05) is 12.9 Å². The molecule has 1 amide bonds. The summed E-state index contributed by atoms with van der Waals surface area (Å²) in [6.45, 7) is 0.472. The van der Waals surface area contributed by atoms with Crippen LogP contribution in [0.25, 0.3) is 0 Å². The van der Waals surface area contributed by atoms with Gasteiger partial charge in [-0.2, -0.15) is 0 Å². The van der Waals surface area contributed by atoms with Gasteiger partial charge in [0.2, 0.25) is 5.91 Å². The summed E-state index contributed by atoms with van der Waals surface area (Å²) in [6.07, 6.45) is 0. The first-order valence-electron chi connectivity index (χ1n) is 6.46. The van der Waals surface area contributed by atoms with E-state index in [0.29, 0.717) is 12.3 Å². The molecule has 0 heterocycles. The Labute approximate surface area is 137 Å². The van der Waals surface area contributed by atoms with Gasteiger partial charge in [-0.25, -0.2) is 0 Å². The highest BCUT2D eigenvalue weighted by Crippen LogP contribution is 2.26. The molecule has 0 fully saturated rings. The molecular formula is C16H16BrNO2S. The van der Waals surface area contributed by atoms with Gasteiger partial charge in [0, 0.05) is 21.5 Å². The Hall–Kier alpha value is -1.46. The quantitative estimate of drug-likeness (QED) is 0.789. The first kappa shape index (κ1) is 15.9. The molecule has 2 aromatic carbocycles. The molecule has 0 aliphatic heterocycles. The lowest BCUT2D eigenvalue weighted by Gasteiger charge is -2.09. The van der Waals surface area contributed by atoms with Crippen molar-refractivity contribution < 1.29 is 9.53 Å². The normalized spacial score (nSPS) is 10.2. The number of hydrogen-bond acceptors (Lipinski definition) is 3. The van der Waals surface area contributed by atoms with E-state index in [-0.39, 0.29) is 5.91 Å². The number of methoxy groups -OCH3 is 1. The number of amides is 1. The van der Waals surface area contributed by atoms with E-state index in [9.17, 15) is 4.79 Å². The average molecular weight is 366 g/mol. The Morgan fingerprint density at radius 3 is 2.67 bits per heavy atom. The number of ether oxygens (including phenoxy) is 1. The number of hydrogen-bond donors (Lipinski definition) is 1. The van der Waals surface area contributed by atoms with Crippen molar-refractivity contribution in [1.29, 1.82) is 0 Å². The highest BCUT2D eigenvalue weighted by Gasteiger charge is 2.07. The van der Waals surface area contributed by atoms with E-state index in [0.717, 1.165) is 20.7 Å². The lowest BCUT2D eigenvalue weighted by Crippen LogP contribution is -2.24. The van der Waals surface area contributed by atoms with E-state index < -0.39 is 0 Å². The highest BCUT2D eigenvalue weighted by atomic mass is 79.9. The van der Waals surface area contributed by atoms with Gasteiger partial charge in [-0.05, 0) is 34.1 Å². The molecule has 5 heteroatoms. The fraction of sp³-hybridized carbons (Fsp3) is 0.188. The summed E-state index contributed by atoms with van der Waals surface area (Å²) >= 11 is 4.98. The fourth-order valence-corrected chi connectivity index (χ4v) is 3.20. The number of benzene rings is 2. The number of halogens is 1. The lowest BCUT2D eigenvalue weighted by molar-refractivity contribution is -0.118. The molecule has 0 spiro atoms. The van der Waals surface area contributed by atoms with Crippen LogP contribution in [0.2, 0.25) is 0 Å². The third-order valence-corrected chi connectivity index (χ3v) is 4.89. The molecule has 2 aromatic rings. The van der Waals surface area contributed by atoms with E-state index >= 15 is 0 Å². The first-order valence-corrected chi connectivity index (χ1v) is 8.24. The second kappa shape index (κ2) is 8.10. The zero-order valence-corrected chi connectivity index (χ0v) is 14.0. The van der Waals surface area contributed by atoms with Crippen molar-refractivity contribution in [3.8, 4) is 5.75 Å². The zero-order valence-electron chi connectivity index (χ0n) is 11.6. The zero-order chi connectivity index (χ0) is 15.1. The summed E-state index contributed by atoms with van der Waals surface area (Å²) in [5.74, 6) is 1.18. The van der Waals surface area contributed by atoms with Gasteiger partial charge in [0.1, 0.15) is 5.75 Å². The van der Waals surface area contributed by atoms with Crippen LogP contribution >= 0.6 is 27.7 Å². The van der Waals surface area contributed by atoms with Crippen LogP contribution in [0.4, 0.5) is 0 Å². The molecule has 0 bridgehead atoms. The van der Waals surface area contributed by atoms with Crippen LogP contribution in [0.3, 0.4) is 0 Å². The maximum atomic E-state index is 11.9. The number of nitrogens with one attached hydrogen (secondary N) is 1. The molecule has 2 rings (SSSR count). The Balaban J connectivity index is 1.84. The van der Waals surface area contributed by atoms with Gasteiger partial charge in [-0.1, -0.05) is 30.3 Å². The molecule has 0 aliphatic rings. The summed E-state index contributed by atoms with van der Waals surface area (Å²) in [5, 5.41) is 2.91. The van der Waals surface area contributed by atoms with E-state index in [1.165, 1.54) is 11.8 Å². The Bertz CT molecular complexity index is 619. The molecule has 0 aromatic heterocycles. The molecule has 0 saturated heterocycles. The fourth-order valence-electron chi connectivity index (χ4n) is 1.80. The minimum atomic E-state index is 0.00154. The first-order chi connectivity index (χ1) is 10.2. The minimum Gasteiger partial charge on any atom is -0.496 e. The highest BCUT2D eigenvalue weighted by molar-refractivity contribution is 9.10. The molecule has 110 valence electrons. The van der Waals surface area contributed by atoms with Crippen molar-refractivity contribution in [2.24, 2.45) is 0 Å². The Kier molecular flexibility index (Phi) is 6.14. The number of carbonyl (C=O) groups excluding carboxylic acids is 1. The number of carbonyl (C=O) groups is 1. The summed E-state index contributed by atoms with van der Waals surface area (Å²) in [5.41, 5.74) is 0.972. The van der Waals surface area contributed by atoms with Crippen molar-refractivity contribution in [3.05, 3.63) is 58.6 Å². The van der Waals surface area contributed by atoms with Crippen LogP contribution in [-0.4, -0.2) is 18.8 Å². The average Bonchev–Trinajstić information content (AvgIpc) is 2.52. The Morgan fingerprint density at radius 2 is 1.90 bits per heavy atom. The topological polar surface area (TPSA) is 38.3 Å². The van der Waals surface area contributed by atoms with E-state index in [4.69, 9.17) is 4.74 Å². The van der Waals surface area contributed by atoms with E-state index in [1.54, 1.807) is 7.11 Å². The number of thioether (sulfide) groups is 1. The van der Waals surface area contributed by atoms with Gasteiger partial charge in [0.15, 0.2) is 0 Å². The maximum absolute atomic E-state index is 11.9. The maximum Gasteiger partial charge on any atom is 0.230 e. The smallest absolute Gasteiger partial charge is 0.230 e. The Morgan fingerprint density at radius 1 is 1.19 bits per heavy atom. The summed E-state index contributed by atoms with van der Waals surface area (Å²) in [6, 6.07) is 15.5.